The highest BCUT2D eigenvalue weighted by atomic mass is 79.9. The van der Waals surface area contributed by atoms with Crippen molar-refractivity contribution in [1.29, 1.82) is 0 Å². The minimum absolute atomic E-state index is 0.335. The summed E-state index contributed by atoms with van der Waals surface area (Å²) >= 11 is 3.44. The third kappa shape index (κ3) is 4.12. The van der Waals surface area contributed by atoms with Crippen LogP contribution in [0.5, 0.6) is 0 Å². The summed E-state index contributed by atoms with van der Waals surface area (Å²) in [6.45, 7) is 2.29. The summed E-state index contributed by atoms with van der Waals surface area (Å²) < 4.78 is 0. The molecule has 1 nitrogen and oxygen atoms in total. The molecule has 0 heterocycles. The number of ketones is 1. The van der Waals surface area contributed by atoms with Crippen molar-refractivity contribution in [3.8, 4) is 0 Å². The molecule has 0 unspecified atom stereocenters. The summed E-state index contributed by atoms with van der Waals surface area (Å²) in [5.41, 5.74) is 0.335. The van der Waals surface area contributed by atoms with Crippen molar-refractivity contribution in [1.82, 2.24) is 0 Å². The first-order chi connectivity index (χ1) is 6.66. The van der Waals surface area contributed by atoms with E-state index < -0.39 is 0 Å². The van der Waals surface area contributed by atoms with E-state index in [-0.39, 0.29) is 0 Å². The van der Waals surface area contributed by atoms with Gasteiger partial charge in [0.2, 0.25) is 0 Å². The van der Waals surface area contributed by atoms with Crippen LogP contribution in [0.15, 0.2) is 0 Å². The molecule has 2 heteroatoms. The molecule has 1 atom stereocenters. The SMILES string of the molecule is C[C@@]1(CCCCCBr)CCCC(=O)C1. The first-order valence-corrected chi connectivity index (χ1v) is 6.86. The van der Waals surface area contributed by atoms with E-state index in [4.69, 9.17) is 0 Å². The quantitative estimate of drug-likeness (QED) is 0.538. The Balaban J connectivity index is 2.23. The first-order valence-electron chi connectivity index (χ1n) is 5.74. The summed E-state index contributed by atoms with van der Waals surface area (Å²) in [4.78, 5) is 11.4. The van der Waals surface area contributed by atoms with Gasteiger partial charge in [-0.25, -0.2) is 0 Å². The smallest absolute Gasteiger partial charge is 0.133 e. The fraction of sp³-hybridized carbons (Fsp3) is 0.917. The minimum Gasteiger partial charge on any atom is -0.300 e. The van der Waals surface area contributed by atoms with Crippen molar-refractivity contribution in [2.24, 2.45) is 5.41 Å². The molecule has 1 fully saturated rings. The van der Waals surface area contributed by atoms with Gasteiger partial charge in [0.1, 0.15) is 5.78 Å². The van der Waals surface area contributed by atoms with Crippen LogP contribution in [0.2, 0.25) is 0 Å². The van der Waals surface area contributed by atoms with Crippen molar-refractivity contribution < 1.29 is 4.79 Å². The molecule has 14 heavy (non-hydrogen) atoms. The van der Waals surface area contributed by atoms with E-state index in [0.717, 1.165) is 24.6 Å². The molecule has 82 valence electrons. The summed E-state index contributed by atoms with van der Waals surface area (Å²) in [5, 5.41) is 1.11. The fourth-order valence-electron chi connectivity index (χ4n) is 2.40. The van der Waals surface area contributed by atoms with Crippen LogP contribution in [-0.4, -0.2) is 11.1 Å². The number of unbranched alkanes of at least 4 members (excludes halogenated alkanes) is 2. The van der Waals surface area contributed by atoms with Crippen molar-refractivity contribution in [2.75, 3.05) is 5.33 Å². The number of Topliss-reactive ketones (excluding diaryl/α,β-unsaturated/α-hetero) is 1. The fourth-order valence-corrected chi connectivity index (χ4v) is 2.80. The molecule has 1 saturated carbocycles. The molecule has 1 aliphatic rings. The van der Waals surface area contributed by atoms with Gasteiger partial charge in [-0.2, -0.15) is 0 Å². The van der Waals surface area contributed by atoms with E-state index >= 15 is 0 Å². The summed E-state index contributed by atoms with van der Waals surface area (Å²) in [6, 6.07) is 0. The van der Waals surface area contributed by atoms with Gasteiger partial charge in [-0.05, 0) is 31.1 Å². The molecule has 0 spiro atoms. The van der Waals surface area contributed by atoms with Gasteiger partial charge < -0.3 is 0 Å². The highest BCUT2D eigenvalue weighted by Gasteiger charge is 2.30. The molecule has 0 aromatic heterocycles. The number of halogens is 1. The number of carbonyl (C=O) groups excluding carboxylic acids is 1. The maximum absolute atomic E-state index is 11.4. The second-order valence-corrected chi connectivity index (χ2v) is 5.67. The van der Waals surface area contributed by atoms with Gasteiger partial charge >= 0.3 is 0 Å². The monoisotopic (exact) mass is 260 g/mol. The van der Waals surface area contributed by atoms with Crippen molar-refractivity contribution in [3.63, 3.8) is 0 Å². The van der Waals surface area contributed by atoms with Crippen LogP contribution < -0.4 is 0 Å². The summed E-state index contributed by atoms with van der Waals surface area (Å²) in [5.74, 6) is 0.485. The van der Waals surface area contributed by atoms with Crippen LogP contribution in [0.3, 0.4) is 0 Å². The Bertz CT molecular complexity index is 191. The molecule has 0 aliphatic heterocycles. The van der Waals surface area contributed by atoms with Crippen LogP contribution in [0.4, 0.5) is 0 Å². The average Bonchev–Trinajstić information content (AvgIpc) is 2.12. The Morgan fingerprint density at radius 2 is 2.14 bits per heavy atom. The first kappa shape index (κ1) is 12.2. The lowest BCUT2D eigenvalue weighted by Gasteiger charge is -2.32. The molecule has 0 radical (unpaired) electrons. The van der Waals surface area contributed by atoms with Crippen molar-refractivity contribution in [3.05, 3.63) is 0 Å². The Morgan fingerprint density at radius 3 is 2.79 bits per heavy atom. The third-order valence-corrected chi connectivity index (χ3v) is 3.83. The number of rotatable bonds is 5. The van der Waals surface area contributed by atoms with Gasteiger partial charge in [0, 0.05) is 18.2 Å². The molecular formula is C12H21BrO. The lowest BCUT2D eigenvalue weighted by Crippen LogP contribution is -2.25. The van der Waals surface area contributed by atoms with Gasteiger partial charge in [0.25, 0.3) is 0 Å². The van der Waals surface area contributed by atoms with Crippen LogP contribution in [0.1, 0.15) is 58.3 Å². The molecule has 0 aromatic carbocycles. The molecule has 0 saturated heterocycles. The zero-order valence-electron chi connectivity index (χ0n) is 9.15. The summed E-state index contributed by atoms with van der Waals surface area (Å²) in [7, 11) is 0. The Kier molecular flexibility index (Phi) is 5.14. The van der Waals surface area contributed by atoms with Gasteiger partial charge in [-0.15, -0.1) is 0 Å². The van der Waals surface area contributed by atoms with Crippen molar-refractivity contribution in [2.45, 2.75) is 58.3 Å². The number of alkyl halides is 1. The largest absolute Gasteiger partial charge is 0.300 e. The molecule has 0 bridgehead atoms. The number of carbonyl (C=O) groups is 1. The maximum Gasteiger partial charge on any atom is 0.133 e. The molecule has 0 N–H and O–H groups in total. The van der Waals surface area contributed by atoms with Crippen LogP contribution in [0, 0.1) is 5.41 Å². The van der Waals surface area contributed by atoms with Gasteiger partial charge in [0.15, 0.2) is 0 Å². The predicted octanol–water partition coefficient (Wildman–Crippen LogP) is 4.09. The lowest BCUT2D eigenvalue weighted by molar-refractivity contribution is -0.123. The molecule has 0 amide bonds. The second kappa shape index (κ2) is 5.89. The van der Waals surface area contributed by atoms with E-state index in [1.54, 1.807) is 0 Å². The van der Waals surface area contributed by atoms with Crippen LogP contribution in [-0.2, 0) is 4.79 Å². The van der Waals surface area contributed by atoms with E-state index in [9.17, 15) is 4.79 Å². The zero-order chi connectivity index (χ0) is 10.4. The van der Waals surface area contributed by atoms with E-state index in [1.807, 2.05) is 0 Å². The van der Waals surface area contributed by atoms with E-state index in [1.165, 1.54) is 32.1 Å². The molecule has 1 rings (SSSR count). The average molecular weight is 261 g/mol. The number of hydrogen-bond acceptors (Lipinski definition) is 1. The lowest BCUT2D eigenvalue weighted by atomic mass is 9.72. The van der Waals surface area contributed by atoms with Gasteiger partial charge in [-0.3, -0.25) is 4.79 Å². The maximum atomic E-state index is 11.4. The molecular weight excluding hydrogens is 240 g/mol. The Hall–Kier alpha value is 0.150. The highest BCUT2D eigenvalue weighted by molar-refractivity contribution is 9.09. The predicted molar refractivity (Wildman–Crippen MR) is 63.8 cm³/mol. The number of hydrogen-bond donors (Lipinski definition) is 0. The minimum atomic E-state index is 0.335. The normalized spacial score (nSPS) is 28.0. The van der Waals surface area contributed by atoms with E-state index in [2.05, 4.69) is 22.9 Å². The second-order valence-electron chi connectivity index (χ2n) is 4.88. The molecule has 0 aromatic rings. The van der Waals surface area contributed by atoms with Crippen LogP contribution in [0.25, 0.3) is 0 Å². The summed E-state index contributed by atoms with van der Waals surface area (Å²) in [6.07, 6.45) is 9.14. The van der Waals surface area contributed by atoms with Gasteiger partial charge in [0.05, 0.1) is 0 Å². The molecule has 1 aliphatic carbocycles. The van der Waals surface area contributed by atoms with Crippen LogP contribution >= 0.6 is 15.9 Å². The Morgan fingerprint density at radius 1 is 1.36 bits per heavy atom. The van der Waals surface area contributed by atoms with Gasteiger partial charge in [-0.1, -0.05) is 35.7 Å². The highest BCUT2D eigenvalue weighted by Crippen LogP contribution is 2.38. The Labute approximate surface area is 95.8 Å². The third-order valence-electron chi connectivity index (χ3n) is 3.27. The topological polar surface area (TPSA) is 17.1 Å². The van der Waals surface area contributed by atoms with Crippen molar-refractivity contribution >= 4 is 21.7 Å². The van der Waals surface area contributed by atoms with E-state index in [0.29, 0.717) is 11.2 Å². The standard InChI is InChI=1S/C12H21BrO/c1-12(7-3-2-4-9-13)8-5-6-11(14)10-12/h2-10H2,1H3/t12-/m1/s1. The zero-order valence-corrected chi connectivity index (χ0v) is 10.7.